The van der Waals surface area contributed by atoms with Gasteiger partial charge in [0.2, 0.25) is 29.5 Å². The summed E-state index contributed by atoms with van der Waals surface area (Å²) in [5, 5.41) is 42.5. The highest BCUT2D eigenvalue weighted by Gasteiger charge is 2.34. The summed E-state index contributed by atoms with van der Waals surface area (Å²) in [5.74, 6) is -5.72. The molecule has 0 saturated carbocycles. The molecule has 0 saturated heterocycles. The van der Waals surface area contributed by atoms with E-state index in [1.807, 2.05) is 13.8 Å². The Morgan fingerprint density at radius 1 is 0.673 bits per heavy atom. The monoisotopic (exact) mass is 767 g/mol. The van der Waals surface area contributed by atoms with Crippen molar-refractivity contribution in [3.05, 3.63) is 71.8 Å². The molecule has 0 heterocycles. The van der Waals surface area contributed by atoms with Gasteiger partial charge in [0, 0.05) is 19.4 Å². The molecule has 0 aliphatic heterocycles. The molecule has 17 nitrogen and oxygen atoms in total. The maximum atomic E-state index is 14.0. The molecule has 5 amide bonds. The van der Waals surface area contributed by atoms with Gasteiger partial charge in [-0.05, 0) is 42.2 Å². The molecule has 55 heavy (non-hydrogen) atoms. The Hall–Kier alpha value is -5.55. The molecule has 0 aliphatic carbocycles. The minimum absolute atomic E-state index is 0.00305. The SMILES string of the molecule is CC(C)C[C@H](NC(=O)[C@@H](NC(=O)[C@@H](N)CO)C(C)C)C(=O)N[C@@H](CCCNC(=N)N)C(=O)N[C@@H](Cc1ccccc1)C(=O)N[C@@H](Cc1ccccc1)C(=O)O. The first-order chi connectivity index (χ1) is 26.0. The number of carboxylic acids is 1. The smallest absolute Gasteiger partial charge is 0.326 e. The molecular formula is C38H57N9O8. The number of carbonyl (C=O) groups excluding carboxylic acids is 5. The third-order valence-electron chi connectivity index (χ3n) is 8.55. The van der Waals surface area contributed by atoms with E-state index < -0.39 is 84.3 Å². The van der Waals surface area contributed by atoms with Gasteiger partial charge in [-0.1, -0.05) is 88.4 Å². The highest BCUT2D eigenvalue weighted by Crippen LogP contribution is 2.11. The normalized spacial score (nSPS) is 14.3. The van der Waals surface area contributed by atoms with Gasteiger partial charge >= 0.3 is 5.97 Å². The zero-order chi connectivity index (χ0) is 41.1. The fourth-order valence-corrected chi connectivity index (χ4v) is 5.57. The lowest BCUT2D eigenvalue weighted by molar-refractivity contribution is -0.142. The summed E-state index contributed by atoms with van der Waals surface area (Å²) in [6.45, 7) is 6.58. The second-order valence-electron chi connectivity index (χ2n) is 14.1. The number of benzene rings is 2. The zero-order valence-electron chi connectivity index (χ0n) is 31.8. The van der Waals surface area contributed by atoms with Gasteiger partial charge in [0.15, 0.2) is 5.96 Å². The van der Waals surface area contributed by atoms with Crippen molar-refractivity contribution < 1.29 is 39.0 Å². The van der Waals surface area contributed by atoms with Crippen molar-refractivity contribution in [1.29, 1.82) is 5.41 Å². The van der Waals surface area contributed by atoms with Crippen molar-refractivity contribution in [2.45, 2.75) is 96.1 Å². The van der Waals surface area contributed by atoms with E-state index in [1.165, 1.54) is 0 Å². The number of carbonyl (C=O) groups is 6. The molecule has 0 aromatic heterocycles. The van der Waals surface area contributed by atoms with Crippen LogP contribution in [0.1, 0.15) is 58.1 Å². The quantitative estimate of drug-likeness (QED) is 0.0381. The van der Waals surface area contributed by atoms with Crippen LogP contribution in [-0.2, 0) is 41.6 Å². The van der Waals surface area contributed by atoms with Gasteiger partial charge in [-0.3, -0.25) is 29.4 Å². The maximum Gasteiger partial charge on any atom is 0.326 e. The Morgan fingerprint density at radius 3 is 1.64 bits per heavy atom. The average Bonchev–Trinajstić information content (AvgIpc) is 3.13. The van der Waals surface area contributed by atoms with Crippen LogP contribution in [0.25, 0.3) is 0 Å². The van der Waals surface area contributed by atoms with Crippen molar-refractivity contribution in [3.63, 3.8) is 0 Å². The molecule has 0 radical (unpaired) electrons. The third kappa shape index (κ3) is 16.6. The highest BCUT2D eigenvalue weighted by molar-refractivity contribution is 5.96. The van der Waals surface area contributed by atoms with Crippen LogP contribution in [0.4, 0.5) is 0 Å². The summed E-state index contributed by atoms with van der Waals surface area (Å²) < 4.78 is 0. The van der Waals surface area contributed by atoms with Gasteiger partial charge in [-0.2, -0.15) is 0 Å². The number of guanidine groups is 1. The predicted octanol–water partition coefficient (Wildman–Crippen LogP) is -0.735. The lowest BCUT2D eigenvalue weighted by atomic mass is 9.99. The van der Waals surface area contributed by atoms with Crippen LogP contribution >= 0.6 is 0 Å². The van der Waals surface area contributed by atoms with E-state index in [-0.39, 0.29) is 50.5 Å². The first kappa shape index (κ1) is 45.6. The molecule has 0 spiro atoms. The third-order valence-corrected chi connectivity index (χ3v) is 8.55. The number of hydrogen-bond donors (Lipinski definition) is 11. The molecular weight excluding hydrogens is 710 g/mol. The fraction of sp³-hybridized carbons (Fsp3) is 0.500. The molecule has 302 valence electrons. The summed E-state index contributed by atoms with van der Waals surface area (Å²) in [5.41, 5.74) is 12.4. The molecule has 2 aromatic carbocycles. The van der Waals surface area contributed by atoms with Crippen LogP contribution in [0.5, 0.6) is 0 Å². The molecule has 0 bridgehead atoms. The van der Waals surface area contributed by atoms with Crippen molar-refractivity contribution in [3.8, 4) is 0 Å². The summed E-state index contributed by atoms with van der Waals surface area (Å²) >= 11 is 0. The number of nitrogens with two attached hydrogens (primary N) is 2. The molecule has 0 fully saturated rings. The second kappa shape index (κ2) is 23.3. The van der Waals surface area contributed by atoms with Gasteiger partial charge in [0.1, 0.15) is 36.3 Å². The molecule has 2 aromatic rings. The lowest BCUT2D eigenvalue weighted by Crippen LogP contribution is -2.60. The molecule has 2 rings (SSSR count). The van der Waals surface area contributed by atoms with Crippen molar-refractivity contribution in [2.24, 2.45) is 23.3 Å². The van der Waals surface area contributed by atoms with Crippen molar-refractivity contribution in [2.75, 3.05) is 13.2 Å². The molecule has 6 atom stereocenters. The second-order valence-corrected chi connectivity index (χ2v) is 14.1. The van der Waals surface area contributed by atoms with Gasteiger partial charge < -0.3 is 53.6 Å². The zero-order valence-corrected chi connectivity index (χ0v) is 31.8. The number of hydrogen-bond acceptors (Lipinski definition) is 9. The minimum atomic E-state index is -1.31. The Labute approximate surface area is 321 Å². The minimum Gasteiger partial charge on any atom is -0.480 e. The number of aliphatic hydroxyl groups is 1. The van der Waals surface area contributed by atoms with E-state index in [4.69, 9.17) is 16.9 Å². The fourth-order valence-electron chi connectivity index (χ4n) is 5.57. The van der Waals surface area contributed by atoms with Crippen LogP contribution < -0.4 is 43.4 Å². The average molecular weight is 768 g/mol. The van der Waals surface area contributed by atoms with Gasteiger partial charge in [0.05, 0.1) is 6.61 Å². The van der Waals surface area contributed by atoms with E-state index in [9.17, 15) is 39.0 Å². The lowest BCUT2D eigenvalue weighted by Gasteiger charge is -2.28. The van der Waals surface area contributed by atoms with Crippen molar-refractivity contribution >= 4 is 41.5 Å². The first-order valence-electron chi connectivity index (χ1n) is 18.3. The number of rotatable bonds is 23. The maximum absolute atomic E-state index is 14.0. The summed E-state index contributed by atoms with van der Waals surface area (Å²) in [7, 11) is 0. The van der Waals surface area contributed by atoms with Gasteiger partial charge in [0.25, 0.3) is 0 Å². The van der Waals surface area contributed by atoms with Crippen LogP contribution in [0.15, 0.2) is 60.7 Å². The summed E-state index contributed by atoms with van der Waals surface area (Å²) in [4.78, 5) is 79.7. The van der Waals surface area contributed by atoms with Crippen LogP contribution in [0.3, 0.4) is 0 Å². The van der Waals surface area contributed by atoms with Crippen LogP contribution in [0, 0.1) is 17.2 Å². The largest absolute Gasteiger partial charge is 0.480 e. The molecule has 0 unspecified atom stereocenters. The Kier molecular flexibility index (Phi) is 19.3. The predicted molar refractivity (Wildman–Crippen MR) is 206 cm³/mol. The van der Waals surface area contributed by atoms with Gasteiger partial charge in [-0.25, -0.2) is 4.79 Å². The highest BCUT2D eigenvalue weighted by atomic mass is 16.4. The van der Waals surface area contributed by atoms with Crippen LogP contribution in [-0.4, -0.2) is 101 Å². The van der Waals surface area contributed by atoms with Crippen LogP contribution in [0.2, 0.25) is 0 Å². The summed E-state index contributed by atoms with van der Waals surface area (Å²) in [6, 6.07) is 10.2. The van der Waals surface area contributed by atoms with E-state index in [1.54, 1.807) is 74.5 Å². The number of aliphatic carboxylic acids is 1. The number of amides is 5. The van der Waals surface area contributed by atoms with E-state index in [0.717, 1.165) is 0 Å². The first-order valence-corrected chi connectivity index (χ1v) is 18.3. The van der Waals surface area contributed by atoms with Crippen molar-refractivity contribution in [1.82, 2.24) is 31.9 Å². The van der Waals surface area contributed by atoms with Gasteiger partial charge in [-0.15, -0.1) is 0 Å². The van der Waals surface area contributed by atoms with E-state index >= 15 is 0 Å². The molecule has 0 aliphatic rings. The number of nitrogens with one attached hydrogen (secondary N) is 7. The standard InChI is InChI=1S/C38H57N9O8/c1-22(2)18-28(45-36(53)31(23(3)4)47-32(49)26(39)21-48)34(51)43-27(16-11-17-42-38(40)41)33(50)44-29(19-24-12-7-5-8-13-24)35(52)46-30(37(54)55)20-25-14-9-6-10-15-25/h5-10,12-15,22-23,26-31,48H,11,16-21,39H2,1-4H3,(H,43,51)(H,44,50)(H,45,53)(H,46,52)(H,47,49)(H,54,55)(H4,40,41,42)/t26-,27-,28-,29-,30-,31-/m0/s1. The topological polar surface area (TPSA) is 291 Å². The van der Waals surface area contributed by atoms with E-state index in [0.29, 0.717) is 11.1 Å². The number of carboxylic acid groups (broad SMARTS) is 1. The Balaban J connectivity index is 2.38. The molecule has 13 N–H and O–H groups in total. The molecule has 17 heteroatoms. The van der Waals surface area contributed by atoms with E-state index in [2.05, 4.69) is 31.9 Å². The number of aliphatic hydroxyl groups excluding tert-OH is 1. The Bertz CT molecular complexity index is 1580. The summed E-state index contributed by atoms with van der Waals surface area (Å²) in [6.07, 6.45) is 0.420. The Morgan fingerprint density at radius 2 is 1.15 bits per heavy atom.